The van der Waals surface area contributed by atoms with E-state index in [-0.39, 0.29) is 24.4 Å². The largest absolute Gasteiger partial charge is 0.493 e. The van der Waals surface area contributed by atoms with E-state index in [0.717, 1.165) is 24.0 Å². The van der Waals surface area contributed by atoms with E-state index in [2.05, 4.69) is 0 Å². The lowest BCUT2D eigenvalue weighted by Gasteiger charge is -2.37. The third kappa shape index (κ3) is 5.42. The van der Waals surface area contributed by atoms with E-state index < -0.39 is 0 Å². The van der Waals surface area contributed by atoms with Crippen LogP contribution in [0.15, 0.2) is 42.5 Å². The van der Waals surface area contributed by atoms with Gasteiger partial charge in [0.25, 0.3) is 0 Å². The number of rotatable bonds is 9. The molecular weight excluding hydrogens is 404 g/mol. The van der Waals surface area contributed by atoms with Gasteiger partial charge in [-0.1, -0.05) is 37.3 Å². The van der Waals surface area contributed by atoms with Crippen LogP contribution in [0.5, 0.6) is 11.5 Å². The Morgan fingerprint density at radius 3 is 2.44 bits per heavy atom. The van der Waals surface area contributed by atoms with Gasteiger partial charge in [-0.15, -0.1) is 0 Å². The van der Waals surface area contributed by atoms with Crippen molar-refractivity contribution in [2.24, 2.45) is 0 Å². The Balaban J connectivity index is 1.68. The second kappa shape index (κ2) is 11.0. The third-order valence-corrected chi connectivity index (χ3v) is 6.15. The van der Waals surface area contributed by atoms with Crippen LogP contribution in [-0.2, 0) is 22.4 Å². The van der Waals surface area contributed by atoms with Crippen molar-refractivity contribution in [1.82, 2.24) is 9.80 Å². The molecule has 2 amide bonds. The first kappa shape index (κ1) is 23.6. The number of hydrogen-bond donors (Lipinski definition) is 0. The standard InChI is InChI=1S/C26H34N2O4/c1-5-14-27(25(29)12-11-20-9-7-6-8-10-20)18-26(30)28-15-13-21-16-23(31-3)24(32-4)17-22(21)19(28)2/h6-10,16-17,19H,5,11-15,18H2,1-4H3. The monoisotopic (exact) mass is 438 g/mol. The number of carbonyl (C=O) groups excluding carboxylic acids is 2. The van der Waals surface area contributed by atoms with E-state index in [1.165, 1.54) is 5.56 Å². The minimum Gasteiger partial charge on any atom is -0.493 e. The van der Waals surface area contributed by atoms with Crippen LogP contribution in [0.2, 0.25) is 0 Å². The third-order valence-electron chi connectivity index (χ3n) is 6.15. The van der Waals surface area contributed by atoms with Crippen LogP contribution in [0.3, 0.4) is 0 Å². The van der Waals surface area contributed by atoms with Gasteiger partial charge >= 0.3 is 0 Å². The van der Waals surface area contributed by atoms with Crippen LogP contribution in [0, 0.1) is 0 Å². The highest BCUT2D eigenvalue weighted by Crippen LogP contribution is 2.37. The van der Waals surface area contributed by atoms with Crippen LogP contribution in [-0.4, -0.2) is 55.5 Å². The normalized spacial score (nSPS) is 15.1. The highest BCUT2D eigenvalue weighted by atomic mass is 16.5. The summed E-state index contributed by atoms with van der Waals surface area (Å²) in [6, 6.07) is 13.9. The Morgan fingerprint density at radius 2 is 1.78 bits per heavy atom. The Bertz CT molecular complexity index is 929. The van der Waals surface area contributed by atoms with Crippen LogP contribution in [0.1, 0.15) is 49.4 Å². The molecule has 1 heterocycles. The molecule has 0 fully saturated rings. The number of hydrogen-bond acceptors (Lipinski definition) is 4. The van der Waals surface area contributed by atoms with Crippen LogP contribution < -0.4 is 9.47 Å². The second-order valence-electron chi connectivity index (χ2n) is 8.22. The van der Waals surface area contributed by atoms with Crippen molar-refractivity contribution in [3.8, 4) is 11.5 Å². The van der Waals surface area contributed by atoms with E-state index in [9.17, 15) is 9.59 Å². The Hall–Kier alpha value is -3.02. The molecule has 0 saturated heterocycles. The van der Waals surface area contributed by atoms with Gasteiger partial charge in [-0.2, -0.15) is 0 Å². The quantitative estimate of drug-likeness (QED) is 0.593. The first-order valence-corrected chi connectivity index (χ1v) is 11.3. The first-order valence-electron chi connectivity index (χ1n) is 11.3. The Labute approximate surface area is 191 Å². The van der Waals surface area contributed by atoms with E-state index in [1.807, 2.05) is 61.2 Å². The molecule has 0 aromatic heterocycles. The van der Waals surface area contributed by atoms with E-state index in [4.69, 9.17) is 9.47 Å². The van der Waals surface area contributed by atoms with Gasteiger partial charge in [0.15, 0.2) is 11.5 Å². The van der Waals surface area contributed by atoms with Crippen molar-refractivity contribution in [3.63, 3.8) is 0 Å². The molecule has 0 aliphatic carbocycles. The molecule has 0 spiro atoms. The number of methoxy groups -OCH3 is 2. The van der Waals surface area contributed by atoms with Gasteiger partial charge in [0, 0.05) is 19.5 Å². The van der Waals surface area contributed by atoms with Crippen molar-refractivity contribution >= 4 is 11.8 Å². The molecule has 1 aliphatic rings. The molecular formula is C26H34N2O4. The summed E-state index contributed by atoms with van der Waals surface area (Å²) in [5, 5.41) is 0. The maximum atomic E-state index is 13.2. The smallest absolute Gasteiger partial charge is 0.242 e. The van der Waals surface area contributed by atoms with Gasteiger partial charge in [-0.25, -0.2) is 0 Å². The van der Waals surface area contributed by atoms with Crippen LogP contribution in [0.4, 0.5) is 0 Å². The van der Waals surface area contributed by atoms with Crippen LogP contribution in [0.25, 0.3) is 0 Å². The number of amides is 2. The predicted octanol–water partition coefficient (Wildman–Crippen LogP) is 4.02. The van der Waals surface area contributed by atoms with Crippen molar-refractivity contribution < 1.29 is 19.1 Å². The number of nitrogens with zero attached hydrogens (tertiary/aromatic N) is 2. The molecule has 172 valence electrons. The maximum Gasteiger partial charge on any atom is 0.242 e. The molecule has 2 aromatic rings. The maximum absolute atomic E-state index is 13.2. The molecule has 2 aromatic carbocycles. The molecule has 1 atom stereocenters. The molecule has 0 radical (unpaired) electrons. The molecule has 0 bridgehead atoms. The summed E-state index contributed by atoms with van der Waals surface area (Å²) < 4.78 is 10.9. The molecule has 32 heavy (non-hydrogen) atoms. The van der Waals surface area contributed by atoms with Gasteiger partial charge in [0.05, 0.1) is 26.8 Å². The summed E-state index contributed by atoms with van der Waals surface area (Å²) in [4.78, 5) is 29.7. The van der Waals surface area contributed by atoms with Crippen LogP contribution >= 0.6 is 0 Å². The molecule has 6 heteroatoms. The molecule has 3 rings (SSSR count). The highest BCUT2D eigenvalue weighted by Gasteiger charge is 2.30. The summed E-state index contributed by atoms with van der Waals surface area (Å²) in [6.07, 6.45) is 2.66. The number of benzene rings is 2. The molecule has 1 unspecified atom stereocenters. The number of fused-ring (bicyclic) bond motifs is 1. The minimum atomic E-state index is -0.0889. The fraction of sp³-hybridized carbons (Fsp3) is 0.462. The summed E-state index contributed by atoms with van der Waals surface area (Å²) in [7, 11) is 3.24. The zero-order chi connectivity index (χ0) is 23.1. The summed E-state index contributed by atoms with van der Waals surface area (Å²) in [5.74, 6) is 1.38. The molecule has 0 N–H and O–H groups in total. The predicted molar refractivity (Wildman–Crippen MR) is 125 cm³/mol. The van der Waals surface area contributed by atoms with Gasteiger partial charge in [-0.05, 0) is 55.0 Å². The van der Waals surface area contributed by atoms with Gasteiger partial charge in [0.1, 0.15) is 0 Å². The molecule has 1 aliphatic heterocycles. The average molecular weight is 439 g/mol. The summed E-state index contributed by atoms with van der Waals surface area (Å²) in [5.41, 5.74) is 3.37. The topological polar surface area (TPSA) is 59.1 Å². The highest BCUT2D eigenvalue weighted by molar-refractivity contribution is 5.85. The number of aryl methyl sites for hydroxylation is 1. The lowest BCUT2D eigenvalue weighted by atomic mass is 9.92. The molecule has 6 nitrogen and oxygen atoms in total. The Morgan fingerprint density at radius 1 is 1.09 bits per heavy atom. The number of carbonyl (C=O) groups is 2. The zero-order valence-corrected chi connectivity index (χ0v) is 19.6. The average Bonchev–Trinajstić information content (AvgIpc) is 2.82. The lowest BCUT2D eigenvalue weighted by Crippen LogP contribution is -2.46. The minimum absolute atomic E-state index is 0.0144. The van der Waals surface area contributed by atoms with Gasteiger partial charge in [0.2, 0.25) is 11.8 Å². The lowest BCUT2D eigenvalue weighted by molar-refractivity contribution is -0.142. The van der Waals surface area contributed by atoms with Crippen molar-refractivity contribution in [3.05, 3.63) is 59.2 Å². The Kier molecular flexibility index (Phi) is 8.14. The van der Waals surface area contributed by atoms with Crippen molar-refractivity contribution in [1.29, 1.82) is 0 Å². The van der Waals surface area contributed by atoms with Crippen molar-refractivity contribution in [2.75, 3.05) is 33.9 Å². The first-order chi connectivity index (χ1) is 15.5. The number of ether oxygens (including phenoxy) is 2. The summed E-state index contributed by atoms with van der Waals surface area (Å²) in [6.45, 7) is 5.39. The zero-order valence-electron chi connectivity index (χ0n) is 19.6. The van der Waals surface area contributed by atoms with E-state index >= 15 is 0 Å². The van der Waals surface area contributed by atoms with Gasteiger partial charge < -0.3 is 19.3 Å². The fourth-order valence-corrected chi connectivity index (χ4v) is 4.36. The van der Waals surface area contributed by atoms with E-state index in [1.54, 1.807) is 19.1 Å². The van der Waals surface area contributed by atoms with Gasteiger partial charge in [-0.3, -0.25) is 9.59 Å². The fourth-order valence-electron chi connectivity index (χ4n) is 4.36. The molecule has 0 saturated carbocycles. The van der Waals surface area contributed by atoms with E-state index in [0.29, 0.717) is 37.4 Å². The SMILES string of the molecule is CCCN(CC(=O)N1CCc2cc(OC)c(OC)cc2C1C)C(=O)CCc1ccccc1. The summed E-state index contributed by atoms with van der Waals surface area (Å²) >= 11 is 0. The second-order valence-corrected chi connectivity index (χ2v) is 8.22. The van der Waals surface area contributed by atoms with Crippen molar-refractivity contribution in [2.45, 2.75) is 45.6 Å².